The number of nitrogens with zero attached hydrogens (tertiary/aromatic N) is 1. The lowest BCUT2D eigenvalue weighted by Gasteiger charge is -2.19. The molecule has 1 aliphatic carbocycles. The van der Waals surface area contributed by atoms with Crippen LogP contribution in [0.25, 0.3) is 0 Å². The van der Waals surface area contributed by atoms with E-state index < -0.39 is 0 Å². The maximum absolute atomic E-state index is 12.5. The zero-order chi connectivity index (χ0) is 13.6. The number of nitrogen functional groups attached to an aromatic ring is 1. The van der Waals surface area contributed by atoms with Gasteiger partial charge in [-0.05, 0) is 37.5 Å². The second-order valence-corrected chi connectivity index (χ2v) is 5.50. The summed E-state index contributed by atoms with van der Waals surface area (Å²) < 4.78 is 0. The number of carbonyl (C=O) groups excluding carboxylic acids is 2. The second-order valence-electron chi connectivity index (χ2n) is 5.50. The first kappa shape index (κ1) is 12.2. The van der Waals surface area contributed by atoms with Gasteiger partial charge in [-0.3, -0.25) is 9.59 Å². The molecule has 0 aromatic heterocycles. The normalized spacial score (nSPS) is 26.7. The van der Waals surface area contributed by atoms with Crippen LogP contribution < -0.4 is 10.6 Å². The predicted molar refractivity (Wildman–Crippen MR) is 73.5 cm³/mol. The molecule has 2 amide bonds. The quantitative estimate of drug-likeness (QED) is 0.620. The molecule has 1 saturated carbocycles. The molecule has 2 N–H and O–H groups in total. The molecule has 1 saturated heterocycles. The highest BCUT2D eigenvalue weighted by Gasteiger charge is 2.49. The van der Waals surface area contributed by atoms with Crippen molar-refractivity contribution in [3.8, 4) is 0 Å². The Morgan fingerprint density at radius 3 is 2.26 bits per heavy atom. The highest BCUT2D eigenvalue weighted by molar-refractivity contribution is 6.22. The van der Waals surface area contributed by atoms with Gasteiger partial charge in [0.2, 0.25) is 11.8 Å². The Hall–Kier alpha value is -1.84. The number of benzene rings is 1. The van der Waals surface area contributed by atoms with Crippen molar-refractivity contribution in [3.63, 3.8) is 0 Å². The molecule has 100 valence electrons. The monoisotopic (exact) mass is 258 g/mol. The van der Waals surface area contributed by atoms with Gasteiger partial charge in [0.15, 0.2) is 0 Å². The lowest BCUT2D eigenvalue weighted by atomic mass is 9.81. The summed E-state index contributed by atoms with van der Waals surface area (Å²) in [6, 6.07) is 5.38. The summed E-state index contributed by atoms with van der Waals surface area (Å²) in [5.41, 5.74) is 7.96. The van der Waals surface area contributed by atoms with E-state index in [1.807, 2.05) is 6.92 Å². The van der Waals surface area contributed by atoms with Crippen molar-refractivity contribution < 1.29 is 9.59 Å². The number of nitrogens with two attached hydrogens (primary N) is 1. The van der Waals surface area contributed by atoms with Crippen LogP contribution in [-0.4, -0.2) is 11.8 Å². The van der Waals surface area contributed by atoms with Crippen molar-refractivity contribution in [1.29, 1.82) is 0 Å². The van der Waals surface area contributed by atoms with Crippen LogP contribution in [0.3, 0.4) is 0 Å². The van der Waals surface area contributed by atoms with Crippen molar-refractivity contribution >= 4 is 23.2 Å². The summed E-state index contributed by atoms with van der Waals surface area (Å²) >= 11 is 0. The molecule has 0 bridgehead atoms. The van der Waals surface area contributed by atoms with Crippen molar-refractivity contribution in [1.82, 2.24) is 0 Å². The van der Waals surface area contributed by atoms with Crippen LogP contribution in [0.15, 0.2) is 18.2 Å². The first-order valence-corrected chi connectivity index (χ1v) is 6.84. The third-order valence-corrected chi connectivity index (χ3v) is 4.43. The largest absolute Gasteiger partial charge is 0.398 e. The molecule has 3 rings (SSSR count). The first-order valence-electron chi connectivity index (χ1n) is 6.84. The second kappa shape index (κ2) is 4.37. The molecule has 4 heteroatoms. The molecule has 1 heterocycles. The van der Waals surface area contributed by atoms with Gasteiger partial charge >= 0.3 is 0 Å². The summed E-state index contributed by atoms with van der Waals surface area (Å²) in [5.74, 6) is -0.295. The Kier molecular flexibility index (Phi) is 2.81. The number of imide groups is 1. The lowest BCUT2D eigenvalue weighted by Crippen LogP contribution is -2.31. The molecule has 19 heavy (non-hydrogen) atoms. The molecule has 4 nitrogen and oxygen atoms in total. The fourth-order valence-corrected chi connectivity index (χ4v) is 3.28. The molecule has 2 unspecified atom stereocenters. The van der Waals surface area contributed by atoms with Crippen LogP contribution in [0.5, 0.6) is 0 Å². The highest BCUT2D eigenvalue weighted by atomic mass is 16.2. The van der Waals surface area contributed by atoms with Crippen molar-refractivity contribution in [2.45, 2.75) is 32.6 Å². The molecular formula is C15H18N2O2. The summed E-state index contributed by atoms with van der Waals surface area (Å²) in [6.45, 7) is 1.85. The van der Waals surface area contributed by atoms with Gasteiger partial charge in [0.25, 0.3) is 0 Å². The van der Waals surface area contributed by atoms with Crippen LogP contribution in [0.1, 0.15) is 31.2 Å². The predicted octanol–water partition coefficient (Wildman–Crippen LogP) is 2.26. The van der Waals surface area contributed by atoms with Crippen LogP contribution in [0.2, 0.25) is 0 Å². The van der Waals surface area contributed by atoms with Crippen LogP contribution in [0.4, 0.5) is 11.4 Å². The van der Waals surface area contributed by atoms with Gasteiger partial charge in [0.1, 0.15) is 0 Å². The molecule has 1 aliphatic heterocycles. The average Bonchev–Trinajstić information content (AvgIpc) is 2.67. The minimum Gasteiger partial charge on any atom is -0.398 e. The van der Waals surface area contributed by atoms with E-state index in [1.54, 1.807) is 18.2 Å². The standard InChI is InChI=1S/C15H18N2O2/c1-9-12(16)7-4-8-13(9)17-14(18)10-5-2-3-6-11(10)15(17)19/h4,7-8,10-11H,2-3,5-6,16H2,1H3. The number of hydrogen-bond donors (Lipinski definition) is 1. The fourth-order valence-electron chi connectivity index (χ4n) is 3.28. The van der Waals surface area contributed by atoms with Gasteiger partial charge in [-0.1, -0.05) is 18.9 Å². The molecule has 2 aliphatic rings. The van der Waals surface area contributed by atoms with Crippen molar-refractivity contribution in [2.24, 2.45) is 11.8 Å². The zero-order valence-corrected chi connectivity index (χ0v) is 11.1. The third kappa shape index (κ3) is 1.74. The maximum Gasteiger partial charge on any atom is 0.237 e. The molecule has 0 radical (unpaired) electrons. The van der Waals surface area contributed by atoms with Gasteiger partial charge in [-0.2, -0.15) is 0 Å². The number of rotatable bonds is 1. The van der Waals surface area contributed by atoms with Crippen LogP contribution in [-0.2, 0) is 9.59 Å². The minimum absolute atomic E-state index is 0.0385. The number of anilines is 2. The Labute approximate surface area is 112 Å². The number of amides is 2. The molecule has 1 aromatic carbocycles. The molecule has 2 atom stereocenters. The number of fused-ring (bicyclic) bond motifs is 1. The first-order chi connectivity index (χ1) is 9.11. The summed E-state index contributed by atoms with van der Waals surface area (Å²) in [4.78, 5) is 26.3. The lowest BCUT2D eigenvalue weighted by molar-refractivity contribution is -0.122. The van der Waals surface area contributed by atoms with E-state index in [-0.39, 0.29) is 23.7 Å². The van der Waals surface area contributed by atoms with Crippen LogP contribution in [0, 0.1) is 18.8 Å². The highest BCUT2D eigenvalue weighted by Crippen LogP contribution is 2.41. The van der Waals surface area contributed by atoms with Crippen LogP contribution >= 0.6 is 0 Å². The van der Waals surface area contributed by atoms with Gasteiger partial charge in [0.05, 0.1) is 17.5 Å². The zero-order valence-electron chi connectivity index (χ0n) is 11.1. The van der Waals surface area contributed by atoms with E-state index in [0.29, 0.717) is 11.4 Å². The number of carbonyl (C=O) groups is 2. The van der Waals surface area contributed by atoms with Gasteiger partial charge in [0, 0.05) is 5.69 Å². The Balaban J connectivity index is 2.03. The molecule has 2 fully saturated rings. The Morgan fingerprint density at radius 2 is 1.68 bits per heavy atom. The molecular weight excluding hydrogens is 240 g/mol. The smallest absolute Gasteiger partial charge is 0.237 e. The van der Waals surface area contributed by atoms with E-state index in [4.69, 9.17) is 5.73 Å². The minimum atomic E-state index is -0.109. The van der Waals surface area contributed by atoms with Crippen molar-refractivity contribution in [2.75, 3.05) is 10.6 Å². The number of hydrogen-bond acceptors (Lipinski definition) is 3. The Morgan fingerprint density at radius 1 is 1.11 bits per heavy atom. The van der Waals surface area contributed by atoms with Gasteiger partial charge in [-0.25, -0.2) is 4.90 Å². The van der Waals surface area contributed by atoms with Gasteiger partial charge < -0.3 is 5.73 Å². The van der Waals surface area contributed by atoms with E-state index in [2.05, 4.69) is 0 Å². The summed E-state index contributed by atoms with van der Waals surface area (Å²) in [7, 11) is 0. The van der Waals surface area contributed by atoms with Gasteiger partial charge in [-0.15, -0.1) is 0 Å². The van der Waals surface area contributed by atoms with E-state index in [9.17, 15) is 9.59 Å². The fraction of sp³-hybridized carbons (Fsp3) is 0.467. The molecule has 0 spiro atoms. The van der Waals surface area contributed by atoms with E-state index >= 15 is 0 Å². The SMILES string of the molecule is Cc1c(N)cccc1N1C(=O)C2CCCCC2C1=O. The maximum atomic E-state index is 12.5. The van der Waals surface area contributed by atoms with E-state index in [0.717, 1.165) is 31.2 Å². The third-order valence-electron chi connectivity index (χ3n) is 4.43. The average molecular weight is 258 g/mol. The van der Waals surface area contributed by atoms with Crippen molar-refractivity contribution in [3.05, 3.63) is 23.8 Å². The summed E-state index contributed by atoms with van der Waals surface area (Å²) in [6.07, 6.45) is 3.77. The summed E-state index contributed by atoms with van der Waals surface area (Å²) in [5, 5.41) is 0. The topological polar surface area (TPSA) is 63.4 Å². The molecule has 1 aromatic rings. The van der Waals surface area contributed by atoms with E-state index in [1.165, 1.54) is 4.90 Å². The Bertz CT molecular complexity index is 529.